The Hall–Kier alpha value is -2.95. The van der Waals surface area contributed by atoms with Crippen LogP contribution in [0, 0.1) is 30.0 Å². The van der Waals surface area contributed by atoms with Crippen molar-refractivity contribution < 1.29 is 13.9 Å². The highest BCUT2D eigenvalue weighted by Crippen LogP contribution is 2.21. The lowest BCUT2D eigenvalue weighted by molar-refractivity contribution is 0.0913. The van der Waals surface area contributed by atoms with E-state index in [2.05, 4.69) is 44.1 Å². The van der Waals surface area contributed by atoms with E-state index in [9.17, 15) is 9.18 Å². The summed E-state index contributed by atoms with van der Waals surface area (Å²) >= 11 is 0. The van der Waals surface area contributed by atoms with E-state index in [1.54, 1.807) is 19.9 Å². The number of carbonyl (C=O) groups is 1. The second kappa shape index (κ2) is 16.7. The van der Waals surface area contributed by atoms with E-state index >= 15 is 0 Å². The SMILES string of the molecule is C/C=C\C/C=C(\Nc1cc(C)c(C(=O)NCCOCCC=C=C(CC(C)C)C(C)C)c(F)c1)C(C)=N. The van der Waals surface area contributed by atoms with E-state index in [-0.39, 0.29) is 5.56 Å². The van der Waals surface area contributed by atoms with Crippen molar-refractivity contribution in [3.8, 4) is 0 Å². The first-order valence-corrected chi connectivity index (χ1v) is 12.8. The highest BCUT2D eigenvalue weighted by Gasteiger charge is 2.16. The monoisotopic (exact) mass is 497 g/mol. The van der Waals surface area contributed by atoms with E-state index in [0.29, 0.717) is 60.7 Å². The van der Waals surface area contributed by atoms with Gasteiger partial charge >= 0.3 is 0 Å². The summed E-state index contributed by atoms with van der Waals surface area (Å²) in [6, 6.07) is 3.00. The Morgan fingerprint density at radius 1 is 1.22 bits per heavy atom. The van der Waals surface area contributed by atoms with Crippen LogP contribution in [0.3, 0.4) is 0 Å². The molecular weight excluding hydrogens is 453 g/mol. The predicted octanol–water partition coefficient (Wildman–Crippen LogP) is 7.36. The summed E-state index contributed by atoms with van der Waals surface area (Å²) in [7, 11) is 0. The number of halogens is 1. The van der Waals surface area contributed by atoms with E-state index in [0.717, 1.165) is 12.8 Å². The Balaban J connectivity index is 2.61. The van der Waals surface area contributed by atoms with Gasteiger partial charge in [0, 0.05) is 12.2 Å². The molecule has 6 heteroatoms. The summed E-state index contributed by atoms with van der Waals surface area (Å²) in [6.45, 7) is 15.3. The van der Waals surface area contributed by atoms with Crippen molar-refractivity contribution in [2.45, 2.75) is 67.7 Å². The number of benzene rings is 1. The third-order valence-electron chi connectivity index (χ3n) is 5.44. The number of ether oxygens (including phenoxy) is 1. The third kappa shape index (κ3) is 11.7. The molecule has 1 rings (SSSR count). The molecule has 0 spiro atoms. The maximum absolute atomic E-state index is 14.8. The van der Waals surface area contributed by atoms with Gasteiger partial charge < -0.3 is 20.8 Å². The Labute approximate surface area is 217 Å². The molecule has 0 bridgehead atoms. The van der Waals surface area contributed by atoms with Gasteiger partial charge in [-0.1, -0.05) is 45.9 Å². The van der Waals surface area contributed by atoms with E-state index in [1.807, 2.05) is 31.2 Å². The highest BCUT2D eigenvalue weighted by molar-refractivity contribution is 5.99. The maximum Gasteiger partial charge on any atom is 0.254 e. The van der Waals surface area contributed by atoms with Gasteiger partial charge in [0.25, 0.3) is 5.91 Å². The van der Waals surface area contributed by atoms with Gasteiger partial charge in [-0.25, -0.2) is 4.39 Å². The minimum Gasteiger partial charge on any atom is -0.379 e. The molecule has 0 heterocycles. The second-order valence-corrected chi connectivity index (χ2v) is 9.61. The smallest absolute Gasteiger partial charge is 0.254 e. The van der Waals surface area contributed by atoms with Gasteiger partial charge in [-0.3, -0.25) is 4.79 Å². The average Bonchev–Trinajstić information content (AvgIpc) is 2.78. The van der Waals surface area contributed by atoms with Gasteiger partial charge in [0.15, 0.2) is 0 Å². The van der Waals surface area contributed by atoms with Crippen molar-refractivity contribution in [2.24, 2.45) is 11.8 Å². The molecule has 0 aromatic heterocycles. The van der Waals surface area contributed by atoms with E-state index in [1.165, 1.54) is 11.6 Å². The molecule has 3 N–H and O–H groups in total. The van der Waals surface area contributed by atoms with Gasteiger partial charge in [-0.2, -0.15) is 0 Å². The number of anilines is 1. The van der Waals surface area contributed by atoms with Crippen LogP contribution in [0.2, 0.25) is 0 Å². The van der Waals surface area contributed by atoms with Gasteiger partial charge in [0.05, 0.1) is 30.2 Å². The van der Waals surface area contributed by atoms with Crippen LogP contribution >= 0.6 is 0 Å². The van der Waals surface area contributed by atoms with Crippen LogP contribution in [0.4, 0.5) is 10.1 Å². The van der Waals surface area contributed by atoms with Crippen LogP contribution in [-0.4, -0.2) is 31.4 Å². The zero-order valence-corrected chi connectivity index (χ0v) is 23.1. The average molecular weight is 498 g/mol. The zero-order valence-electron chi connectivity index (χ0n) is 23.1. The van der Waals surface area contributed by atoms with Crippen molar-refractivity contribution in [2.75, 3.05) is 25.1 Å². The fourth-order valence-electron chi connectivity index (χ4n) is 3.55. The number of hydrogen-bond donors (Lipinski definition) is 3. The molecule has 0 aliphatic heterocycles. The van der Waals surface area contributed by atoms with Crippen LogP contribution in [0.5, 0.6) is 0 Å². The molecule has 0 fully saturated rings. The van der Waals surface area contributed by atoms with Crippen LogP contribution in [0.15, 0.2) is 53.4 Å². The summed E-state index contributed by atoms with van der Waals surface area (Å²) in [5.41, 5.74) is 6.72. The number of hydrogen-bond acceptors (Lipinski definition) is 4. The Bertz CT molecular complexity index is 976. The summed E-state index contributed by atoms with van der Waals surface area (Å²) in [6.07, 6.45) is 10.3. The number of rotatable bonds is 15. The standard InChI is InChI=1S/C30H44FN3O2/c1-8-9-10-14-28(24(7)32)34-26-19-23(6)29(27(31)20-26)30(35)33-15-17-36-16-12-11-13-25(22(4)5)18-21(2)3/h8-9,11,14,19-22,32,34H,10,12,15-18H2,1-7H3,(H,33,35)/b9-8-,28-14-,32-24?. The molecular formula is C30H44FN3O2. The van der Waals surface area contributed by atoms with E-state index in [4.69, 9.17) is 10.1 Å². The van der Waals surface area contributed by atoms with Gasteiger partial charge in [0.1, 0.15) is 5.82 Å². The fraction of sp³-hybridized carbons (Fsp3) is 0.500. The molecule has 0 saturated carbocycles. The molecule has 0 unspecified atom stereocenters. The lowest BCUT2D eigenvalue weighted by Gasteiger charge is -2.14. The predicted molar refractivity (Wildman–Crippen MR) is 149 cm³/mol. The summed E-state index contributed by atoms with van der Waals surface area (Å²) in [5.74, 6) is 0.0175. The Morgan fingerprint density at radius 2 is 1.94 bits per heavy atom. The molecule has 198 valence electrons. The number of carbonyl (C=O) groups excluding carboxylic acids is 1. The van der Waals surface area contributed by atoms with Crippen LogP contribution < -0.4 is 10.6 Å². The van der Waals surface area contributed by atoms with Crippen molar-refractivity contribution in [1.29, 1.82) is 5.41 Å². The maximum atomic E-state index is 14.8. The third-order valence-corrected chi connectivity index (χ3v) is 5.44. The molecule has 0 aliphatic carbocycles. The molecule has 0 aliphatic rings. The molecule has 36 heavy (non-hydrogen) atoms. The summed E-state index contributed by atoms with van der Waals surface area (Å²) < 4.78 is 20.4. The zero-order chi connectivity index (χ0) is 27.1. The molecule has 5 nitrogen and oxygen atoms in total. The minimum absolute atomic E-state index is 0.0195. The number of allylic oxidation sites excluding steroid dienone is 4. The first-order valence-electron chi connectivity index (χ1n) is 12.8. The highest BCUT2D eigenvalue weighted by atomic mass is 19.1. The van der Waals surface area contributed by atoms with E-state index < -0.39 is 11.7 Å². The molecule has 0 atom stereocenters. The van der Waals surface area contributed by atoms with Crippen molar-refractivity contribution in [3.05, 3.63) is 70.4 Å². The summed E-state index contributed by atoms with van der Waals surface area (Å²) in [4.78, 5) is 12.6. The second-order valence-electron chi connectivity index (χ2n) is 9.61. The number of nitrogens with one attached hydrogen (secondary N) is 3. The Morgan fingerprint density at radius 3 is 2.53 bits per heavy atom. The summed E-state index contributed by atoms with van der Waals surface area (Å²) in [5, 5.41) is 13.7. The minimum atomic E-state index is -0.606. The number of aryl methyl sites for hydroxylation is 1. The topological polar surface area (TPSA) is 74.2 Å². The lowest BCUT2D eigenvalue weighted by Crippen LogP contribution is -2.29. The van der Waals surface area contributed by atoms with Gasteiger partial charge in [-0.15, -0.1) is 5.73 Å². The van der Waals surface area contributed by atoms with Crippen molar-refractivity contribution in [3.63, 3.8) is 0 Å². The van der Waals surface area contributed by atoms with Crippen LogP contribution in [0.25, 0.3) is 0 Å². The van der Waals surface area contributed by atoms with Crippen molar-refractivity contribution in [1.82, 2.24) is 5.32 Å². The first kappa shape index (κ1) is 31.1. The van der Waals surface area contributed by atoms with Gasteiger partial charge in [0.2, 0.25) is 0 Å². The van der Waals surface area contributed by atoms with Gasteiger partial charge in [-0.05, 0) is 81.2 Å². The fourth-order valence-corrected chi connectivity index (χ4v) is 3.55. The Kier molecular flexibility index (Phi) is 14.4. The quantitative estimate of drug-likeness (QED) is 0.103. The lowest BCUT2D eigenvalue weighted by atomic mass is 9.95. The molecule has 1 amide bonds. The number of amides is 1. The van der Waals surface area contributed by atoms with Crippen LogP contribution in [-0.2, 0) is 4.74 Å². The molecule has 1 aromatic carbocycles. The first-order chi connectivity index (χ1) is 17.1. The molecule has 1 aromatic rings. The molecule has 0 radical (unpaired) electrons. The largest absolute Gasteiger partial charge is 0.379 e. The molecule has 0 saturated heterocycles. The van der Waals surface area contributed by atoms with Crippen molar-refractivity contribution >= 4 is 17.3 Å². The normalized spacial score (nSPS) is 11.7. The van der Waals surface area contributed by atoms with Crippen LogP contribution in [0.1, 0.15) is 76.7 Å².